The maximum atomic E-state index is 5.95. The van der Waals surface area contributed by atoms with Crippen LogP contribution in [0.1, 0.15) is 32.8 Å². The number of fused-ring (bicyclic) bond motifs is 1. The van der Waals surface area contributed by atoms with Crippen molar-refractivity contribution < 1.29 is 4.74 Å². The molecular formula is C16H24ClNO. The molecule has 106 valence electrons. The lowest BCUT2D eigenvalue weighted by atomic mass is 9.85. The van der Waals surface area contributed by atoms with Crippen LogP contribution in [0.5, 0.6) is 5.75 Å². The first-order valence-electron chi connectivity index (χ1n) is 7.04. The Kier molecular flexibility index (Phi) is 4.75. The molecule has 0 radical (unpaired) electrons. The number of benzene rings is 1. The molecule has 1 aliphatic heterocycles. The van der Waals surface area contributed by atoms with E-state index in [1.165, 1.54) is 5.56 Å². The molecule has 0 aromatic heterocycles. The van der Waals surface area contributed by atoms with Crippen molar-refractivity contribution in [3.8, 4) is 5.75 Å². The Bertz CT molecular complexity index is 388. The van der Waals surface area contributed by atoms with Crippen molar-refractivity contribution in [1.82, 2.24) is 5.32 Å². The van der Waals surface area contributed by atoms with E-state index in [1.54, 1.807) is 0 Å². The second-order valence-electron chi connectivity index (χ2n) is 6.36. The Morgan fingerprint density at radius 1 is 1.37 bits per heavy atom. The minimum Gasteiger partial charge on any atom is -0.488 e. The van der Waals surface area contributed by atoms with Crippen LogP contribution in [-0.2, 0) is 6.42 Å². The minimum atomic E-state index is 0.223. The summed E-state index contributed by atoms with van der Waals surface area (Å²) < 4.78 is 5.95. The van der Waals surface area contributed by atoms with Crippen LogP contribution < -0.4 is 10.1 Å². The van der Waals surface area contributed by atoms with Gasteiger partial charge < -0.3 is 10.1 Å². The van der Waals surface area contributed by atoms with E-state index in [0.717, 1.165) is 25.1 Å². The highest BCUT2D eigenvalue weighted by molar-refractivity contribution is 6.17. The molecule has 2 atom stereocenters. The van der Waals surface area contributed by atoms with Gasteiger partial charge in [-0.05, 0) is 23.5 Å². The normalized spacial score (nSPS) is 19.9. The number of rotatable bonds is 5. The van der Waals surface area contributed by atoms with Gasteiger partial charge in [-0.15, -0.1) is 11.6 Å². The van der Waals surface area contributed by atoms with Gasteiger partial charge in [-0.2, -0.15) is 0 Å². The summed E-state index contributed by atoms with van der Waals surface area (Å²) in [6.45, 7) is 7.64. The zero-order chi connectivity index (χ0) is 13.9. The summed E-state index contributed by atoms with van der Waals surface area (Å²) >= 11 is 5.90. The third kappa shape index (κ3) is 3.87. The lowest BCUT2D eigenvalue weighted by molar-refractivity contribution is 0.192. The van der Waals surface area contributed by atoms with Gasteiger partial charge in [-0.1, -0.05) is 39.0 Å². The molecule has 1 aromatic carbocycles. The van der Waals surface area contributed by atoms with Crippen LogP contribution in [0.3, 0.4) is 0 Å². The van der Waals surface area contributed by atoms with Gasteiger partial charge in [0, 0.05) is 24.9 Å². The molecule has 2 unspecified atom stereocenters. The van der Waals surface area contributed by atoms with Crippen molar-refractivity contribution >= 4 is 11.6 Å². The third-order valence-corrected chi connectivity index (χ3v) is 3.97. The van der Waals surface area contributed by atoms with E-state index in [9.17, 15) is 0 Å². The largest absolute Gasteiger partial charge is 0.488 e. The van der Waals surface area contributed by atoms with Crippen LogP contribution in [0.15, 0.2) is 24.3 Å². The Balaban J connectivity index is 1.87. The second kappa shape index (κ2) is 6.15. The topological polar surface area (TPSA) is 21.3 Å². The fraction of sp³-hybridized carbons (Fsp3) is 0.625. The molecule has 2 rings (SSSR count). The minimum absolute atomic E-state index is 0.223. The Morgan fingerprint density at radius 2 is 2.11 bits per heavy atom. The zero-order valence-corrected chi connectivity index (χ0v) is 12.8. The number of nitrogens with one attached hydrogen (secondary N) is 1. The van der Waals surface area contributed by atoms with Crippen molar-refractivity contribution in [1.29, 1.82) is 0 Å². The molecule has 0 fully saturated rings. The third-order valence-electron chi connectivity index (χ3n) is 3.75. The number of alkyl halides is 1. The molecule has 3 heteroatoms. The van der Waals surface area contributed by atoms with Gasteiger partial charge in [0.15, 0.2) is 0 Å². The Labute approximate surface area is 121 Å². The maximum absolute atomic E-state index is 5.95. The molecule has 0 spiro atoms. The van der Waals surface area contributed by atoms with Gasteiger partial charge in [0.1, 0.15) is 11.9 Å². The first kappa shape index (κ1) is 14.7. The molecule has 1 aromatic rings. The van der Waals surface area contributed by atoms with Gasteiger partial charge in [-0.25, -0.2) is 0 Å². The van der Waals surface area contributed by atoms with Crippen molar-refractivity contribution in [3.63, 3.8) is 0 Å². The van der Waals surface area contributed by atoms with E-state index < -0.39 is 0 Å². The van der Waals surface area contributed by atoms with Crippen LogP contribution in [0.2, 0.25) is 0 Å². The fourth-order valence-corrected chi connectivity index (χ4v) is 2.81. The van der Waals surface area contributed by atoms with Gasteiger partial charge in [0.2, 0.25) is 0 Å². The predicted octanol–water partition coefficient (Wildman–Crippen LogP) is 3.62. The van der Waals surface area contributed by atoms with E-state index in [2.05, 4.69) is 44.3 Å². The second-order valence-corrected chi connectivity index (χ2v) is 6.73. The summed E-state index contributed by atoms with van der Waals surface area (Å²) in [5.41, 5.74) is 1.54. The monoisotopic (exact) mass is 281 g/mol. The lowest BCUT2D eigenvalue weighted by Crippen LogP contribution is -2.44. The summed E-state index contributed by atoms with van der Waals surface area (Å²) in [7, 11) is 0. The van der Waals surface area contributed by atoms with E-state index in [4.69, 9.17) is 16.3 Å². The number of hydrogen-bond acceptors (Lipinski definition) is 2. The number of halogens is 1. The van der Waals surface area contributed by atoms with Crippen LogP contribution in [0, 0.1) is 5.41 Å². The van der Waals surface area contributed by atoms with E-state index in [1.807, 2.05) is 6.07 Å². The zero-order valence-electron chi connectivity index (χ0n) is 12.1. The van der Waals surface area contributed by atoms with Crippen LogP contribution in [0.4, 0.5) is 0 Å². The molecule has 0 saturated heterocycles. The van der Waals surface area contributed by atoms with Crippen molar-refractivity contribution in [2.75, 3.05) is 12.4 Å². The van der Waals surface area contributed by atoms with Crippen molar-refractivity contribution in [2.24, 2.45) is 5.41 Å². The molecule has 0 amide bonds. The summed E-state index contributed by atoms with van der Waals surface area (Å²) in [4.78, 5) is 0. The summed E-state index contributed by atoms with van der Waals surface area (Å²) in [6, 6.07) is 8.73. The number of para-hydroxylation sites is 1. The molecule has 1 aliphatic rings. The van der Waals surface area contributed by atoms with E-state index >= 15 is 0 Å². The molecule has 19 heavy (non-hydrogen) atoms. The van der Waals surface area contributed by atoms with E-state index in [0.29, 0.717) is 11.9 Å². The van der Waals surface area contributed by atoms with Crippen LogP contribution in [0.25, 0.3) is 0 Å². The standard InChI is InChI=1S/C16H24ClNO/c1-16(2,3)15(8-9-17)18-11-13-10-12-6-4-5-7-14(12)19-13/h4-7,13,15,18H,8-11H2,1-3H3. The molecule has 0 saturated carbocycles. The fourth-order valence-electron chi connectivity index (χ4n) is 2.59. The lowest BCUT2D eigenvalue weighted by Gasteiger charge is -2.32. The molecule has 1 heterocycles. The molecule has 0 aliphatic carbocycles. The average Bonchev–Trinajstić information content (AvgIpc) is 2.75. The SMILES string of the molecule is CC(C)(C)C(CCCl)NCC1Cc2ccccc2O1. The molecular weight excluding hydrogens is 258 g/mol. The predicted molar refractivity (Wildman–Crippen MR) is 81.1 cm³/mol. The highest BCUT2D eigenvalue weighted by atomic mass is 35.5. The maximum Gasteiger partial charge on any atom is 0.123 e. The molecule has 0 bridgehead atoms. The highest BCUT2D eigenvalue weighted by Gasteiger charge is 2.27. The van der Waals surface area contributed by atoms with E-state index in [-0.39, 0.29) is 11.5 Å². The van der Waals surface area contributed by atoms with Gasteiger partial charge in [0.25, 0.3) is 0 Å². The first-order valence-corrected chi connectivity index (χ1v) is 7.58. The first-order chi connectivity index (χ1) is 9.00. The summed E-state index contributed by atoms with van der Waals surface area (Å²) in [5, 5.41) is 3.63. The van der Waals surface area contributed by atoms with Gasteiger partial charge >= 0.3 is 0 Å². The highest BCUT2D eigenvalue weighted by Crippen LogP contribution is 2.28. The van der Waals surface area contributed by atoms with Crippen molar-refractivity contribution in [3.05, 3.63) is 29.8 Å². The molecule has 2 nitrogen and oxygen atoms in total. The summed E-state index contributed by atoms with van der Waals surface area (Å²) in [5.74, 6) is 1.74. The van der Waals surface area contributed by atoms with Gasteiger partial charge in [-0.3, -0.25) is 0 Å². The van der Waals surface area contributed by atoms with Crippen molar-refractivity contribution in [2.45, 2.75) is 45.8 Å². The smallest absolute Gasteiger partial charge is 0.123 e. The molecule has 1 N–H and O–H groups in total. The number of ether oxygens (including phenoxy) is 1. The summed E-state index contributed by atoms with van der Waals surface area (Å²) in [6.07, 6.45) is 2.24. The Morgan fingerprint density at radius 3 is 2.74 bits per heavy atom. The van der Waals surface area contributed by atoms with Gasteiger partial charge in [0.05, 0.1) is 0 Å². The average molecular weight is 282 g/mol. The van der Waals surface area contributed by atoms with Crippen LogP contribution in [-0.4, -0.2) is 24.6 Å². The quantitative estimate of drug-likeness (QED) is 0.833. The Hall–Kier alpha value is -0.730. The van der Waals surface area contributed by atoms with Crippen LogP contribution >= 0.6 is 11.6 Å². The number of hydrogen-bond donors (Lipinski definition) is 1.